The van der Waals surface area contributed by atoms with Gasteiger partial charge in [-0.05, 0) is 65.9 Å². The summed E-state index contributed by atoms with van der Waals surface area (Å²) in [4.78, 5) is 0. The molecule has 0 bridgehead atoms. The van der Waals surface area contributed by atoms with Gasteiger partial charge in [-0.3, -0.25) is 0 Å². The molecule has 0 aliphatic heterocycles. The molecular formula is C12H18INS. The maximum absolute atomic E-state index is 4.00. The van der Waals surface area contributed by atoms with E-state index in [-0.39, 0.29) is 0 Å². The topological polar surface area (TPSA) is 12.0 Å². The molecule has 1 nitrogen and oxygen atoms in total. The van der Waals surface area contributed by atoms with Gasteiger partial charge in [0.2, 0.25) is 0 Å². The van der Waals surface area contributed by atoms with Gasteiger partial charge in [-0.1, -0.05) is 12.5 Å². The smallest absolute Gasteiger partial charge is 0.0656 e. The lowest BCUT2D eigenvalue weighted by Crippen LogP contribution is -2.21. The quantitative estimate of drug-likeness (QED) is 0.602. The normalized spacial score (nSPS) is 12.7. The molecule has 0 saturated carbocycles. The van der Waals surface area contributed by atoms with E-state index in [0.717, 1.165) is 13.0 Å². The van der Waals surface area contributed by atoms with Gasteiger partial charge >= 0.3 is 0 Å². The zero-order valence-corrected chi connectivity index (χ0v) is 12.3. The largest absolute Gasteiger partial charge is 0.310 e. The molecule has 1 heterocycles. The van der Waals surface area contributed by atoms with Crippen LogP contribution < -0.4 is 5.32 Å². The first-order valence-electron chi connectivity index (χ1n) is 5.25. The molecule has 84 valence electrons. The van der Waals surface area contributed by atoms with E-state index in [2.05, 4.69) is 59.8 Å². The molecule has 0 aliphatic rings. The SMILES string of the molecule is C=C(C)CC(NCCC)c1csc(I)c1. The van der Waals surface area contributed by atoms with Crippen LogP contribution in [-0.2, 0) is 0 Å². The Balaban J connectivity index is 2.66. The Morgan fingerprint density at radius 3 is 2.87 bits per heavy atom. The van der Waals surface area contributed by atoms with Crippen molar-refractivity contribution in [3.63, 3.8) is 0 Å². The van der Waals surface area contributed by atoms with Crippen molar-refractivity contribution in [2.45, 2.75) is 32.7 Å². The Bertz CT molecular complexity index is 319. The van der Waals surface area contributed by atoms with Gasteiger partial charge in [0.25, 0.3) is 0 Å². The van der Waals surface area contributed by atoms with Crippen molar-refractivity contribution in [1.29, 1.82) is 0 Å². The molecule has 0 aromatic carbocycles. The van der Waals surface area contributed by atoms with Crippen LogP contribution in [0.5, 0.6) is 0 Å². The lowest BCUT2D eigenvalue weighted by atomic mass is 10.0. The summed E-state index contributed by atoms with van der Waals surface area (Å²) >= 11 is 4.18. The van der Waals surface area contributed by atoms with E-state index in [4.69, 9.17) is 0 Å². The van der Waals surface area contributed by atoms with Crippen molar-refractivity contribution in [3.05, 3.63) is 32.0 Å². The van der Waals surface area contributed by atoms with Crippen LogP contribution in [0.3, 0.4) is 0 Å². The van der Waals surface area contributed by atoms with Crippen LogP contribution >= 0.6 is 33.9 Å². The molecule has 3 heteroatoms. The highest BCUT2D eigenvalue weighted by Crippen LogP contribution is 2.26. The van der Waals surface area contributed by atoms with E-state index in [0.29, 0.717) is 6.04 Å². The minimum atomic E-state index is 0.446. The van der Waals surface area contributed by atoms with Crippen LogP contribution in [0.4, 0.5) is 0 Å². The van der Waals surface area contributed by atoms with Gasteiger partial charge in [-0.2, -0.15) is 0 Å². The lowest BCUT2D eigenvalue weighted by Gasteiger charge is -2.17. The summed E-state index contributed by atoms with van der Waals surface area (Å²) in [6.45, 7) is 9.36. The highest BCUT2D eigenvalue weighted by molar-refractivity contribution is 14.1. The second kappa shape index (κ2) is 6.66. The predicted molar refractivity (Wildman–Crippen MR) is 77.5 cm³/mol. The third-order valence-corrected chi connectivity index (χ3v) is 3.99. The maximum atomic E-state index is 4.00. The zero-order chi connectivity index (χ0) is 11.3. The minimum absolute atomic E-state index is 0.446. The van der Waals surface area contributed by atoms with Crippen LogP contribution in [0.25, 0.3) is 0 Å². The number of thiophene rings is 1. The monoisotopic (exact) mass is 335 g/mol. The van der Waals surface area contributed by atoms with Gasteiger partial charge in [0.05, 0.1) is 2.88 Å². The third-order valence-electron chi connectivity index (χ3n) is 2.18. The highest BCUT2D eigenvalue weighted by Gasteiger charge is 2.12. The predicted octanol–water partition coefficient (Wildman–Crippen LogP) is 4.36. The number of nitrogens with one attached hydrogen (secondary N) is 1. The standard InChI is InChI=1S/C12H18INS/c1-4-5-14-11(6-9(2)3)10-7-12(13)15-8-10/h7-8,11,14H,2,4-6H2,1,3H3. The Kier molecular flexibility index (Phi) is 5.86. The summed E-state index contributed by atoms with van der Waals surface area (Å²) in [6, 6.07) is 2.71. The third kappa shape index (κ3) is 4.66. The summed E-state index contributed by atoms with van der Waals surface area (Å²) in [7, 11) is 0. The first-order valence-corrected chi connectivity index (χ1v) is 7.21. The van der Waals surface area contributed by atoms with Gasteiger partial charge in [0.1, 0.15) is 0 Å². The van der Waals surface area contributed by atoms with Crippen molar-refractivity contribution in [1.82, 2.24) is 5.32 Å². The van der Waals surface area contributed by atoms with Gasteiger partial charge in [0.15, 0.2) is 0 Å². The fourth-order valence-corrected chi connectivity index (χ4v) is 2.91. The van der Waals surface area contributed by atoms with Crippen molar-refractivity contribution >= 4 is 33.9 Å². The van der Waals surface area contributed by atoms with Crippen molar-refractivity contribution < 1.29 is 0 Å². The molecule has 1 rings (SSSR count). The van der Waals surface area contributed by atoms with E-state index in [1.165, 1.54) is 20.4 Å². The van der Waals surface area contributed by atoms with Gasteiger partial charge in [-0.25, -0.2) is 0 Å². The Morgan fingerprint density at radius 1 is 1.67 bits per heavy atom. The molecule has 1 unspecified atom stereocenters. The fraction of sp³-hybridized carbons (Fsp3) is 0.500. The minimum Gasteiger partial charge on any atom is -0.310 e. The second-order valence-electron chi connectivity index (χ2n) is 3.85. The average Bonchev–Trinajstić information content (AvgIpc) is 2.58. The molecule has 1 atom stereocenters. The Hall–Kier alpha value is 0.130. The Labute approximate surface area is 110 Å². The maximum Gasteiger partial charge on any atom is 0.0656 e. The van der Waals surface area contributed by atoms with Crippen LogP contribution in [0.1, 0.15) is 38.3 Å². The van der Waals surface area contributed by atoms with E-state index in [9.17, 15) is 0 Å². The molecule has 1 aromatic rings. The van der Waals surface area contributed by atoms with Gasteiger partial charge in [-0.15, -0.1) is 17.9 Å². The Morgan fingerprint density at radius 2 is 2.40 bits per heavy atom. The zero-order valence-electron chi connectivity index (χ0n) is 9.35. The van der Waals surface area contributed by atoms with Crippen LogP contribution in [0, 0.1) is 2.88 Å². The van der Waals surface area contributed by atoms with E-state index < -0.39 is 0 Å². The molecular weight excluding hydrogens is 317 g/mol. The second-order valence-corrected chi connectivity index (χ2v) is 6.66. The van der Waals surface area contributed by atoms with E-state index in [1.807, 2.05) is 11.3 Å². The van der Waals surface area contributed by atoms with Crippen molar-refractivity contribution in [2.75, 3.05) is 6.54 Å². The number of halogens is 1. The molecule has 15 heavy (non-hydrogen) atoms. The summed E-state index contributed by atoms with van der Waals surface area (Å²) in [6.07, 6.45) is 2.21. The molecule has 0 amide bonds. The summed E-state index contributed by atoms with van der Waals surface area (Å²) < 4.78 is 1.35. The number of hydrogen-bond donors (Lipinski definition) is 1. The van der Waals surface area contributed by atoms with Crippen LogP contribution in [0.2, 0.25) is 0 Å². The molecule has 0 radical (unpaired) electrons. The van der Waals surface area contributed by atoms with Gasteiger partial charge in [0, 0.05) is 6.04 Å². The number of rotatable bonds is 6. The molecule has 0 spiro atoms. The molecule has 0 saturated heterocycles. The molecule has 0 fully saturated rings. The van der Waals surface area contributed by atoms with Crippen molar-refractivity contribution in [2.24, 2.45) is 0 Å². The van der Waals surface area contributed by atoms with E-state index >= 15 is 0 Å². The lowest BCUT2D eigenvalue weighted by molar-refractivity contribution is 0.529. The fourth-order valence-electron chi connectivity index (χ4n) is 1.48. The molecule has 1 aromatic heterocycles. The summed E-state index contributed by atoms with van der Waals surface area (Å²) in [5.74, 6) is 0. The molecule has 1 N–H and O–H groups in total. The van der Waals surface area contributed by atoms with Gasteiger partial charge < -0.3 is 5.32 Å². The van der Waals surface area contributed by atoms with Crippen molar-refractivity contribution in [3.8, 4) is 0 Å². The number of hydrogen-bond acceptors (Lipinski definition) is 2. The van der Waals surface area contributed by atoms with Crippen LogP contribution in [0.15, 0.2) is 23.6 Å². The van der Waals surface area contributed by atoms with E-state index in [1.54, 1.807) is 0 Å². The highest BCUT2D eigenvalue weighted by atomic mass is 127. The summed E-state index contributed by atoms with van der Waals surface area (Å²) in [5, 5.41) is 5.82. The first kappa shape index (κ1) is 13.2. The first-order chi connectivity index (χ1) is 7.13. The van der Waals surface area contributed by atoms with Crippen LogP contribution in [-0.4, -0.2) is 6.54 Å². The average molecular weight is 335 g/mol. The molecule has 0 aliphatic carbocycles. The summed E-state index contributed by atoms with van der Waals surface area (Å²) in [5.41, 5.74) is 2.64.